The van der Waals surface area contributed by atoms with E-state index in [4.69, 9.17) is 9.47 Å². The molecule has 1 aliphatic heterocycles. The maximum absolute atomic E-state index is 13.1. The highest BCUT2D eigenvalue weighted by molar-refractivity contribution is 5.76. The average molecular weight is 1100 g/mol. The summed E-state index contributed by atoms with van der Waals surface area (Å²) in [5.74, 6) is -0.246. The Bertz CT molecular complexity index is 1610. The van der Waals surface area contributed by atoms with Crippen molar-refractivity contribution in [3.05, 3.63) is 109 Å². The molecule has 0 aromatic rings. The van der Waals surface area contributed by atoms with Gasteiger partial charge in [0.05, 0.1) is 25.4 Å². The van der Waals surface area contributed by atoms with Crippen LogP contribution in [0.3, 0.4) is 0 Å². The average Bonchev–Trinajstić information content (AvgIpc) is 3.47. The monoisotopic (exact) mass is 1100 g/mol. The molecule has 0 aliphatic carbocycles. The van der Waals surface area contributed by atoms with E-state index in [0.29, 0.717) is 6.42 Å². The summed E-state index contributed by atoms with van der Waals surface area (Å²) < 4.78 is 11.3. The van der Waals surface area contributed by atoms with Gasteiger partial charge >= 0.3 is 0 Å². The molecule has 6 N–H and O–H groups in total. The summed E-state index contributed by atoms with van der Waals surface area (Å²) >= 11 is 0. The van der Waals surface area contributed by atoms with Crippen molar-refractivity contribution in [2.75, 3.05) is 13.2 Å². The highest BCUT2D eigenvalue weighted by Crippen LogP contribution is 2.23. The second-order valence-electron chi connectivity index (χ2n) is 22.2. The molecule has 0 aromatic carbocycles. The van der Waals surface area contributed by atoms with E-state index in [-0.39, 0.29) is 18.9 Å². The minimum Gasteiger partial charge on any atom is -0.394 e. The zero-order valence-electron chi connectivity index (χ0n) is 50.6. The normalized spacial score (nSPS) is 19.3. The fourth-order valence-corrected chi connectivity index (χ4v) is 9.75. The summed E-state index contributed by atoms with van der Waals surface area (Å²) in [5.41, 5.74) is 0. The maximum Gasteiger partial charge on any atom is 0.220 e. The minimum atomic E-state index is -1.59. The van der Waals surface area contributed by atoms with Crippen LogP contribution in [0.2, 0.25) is 0 Å². The molecule has 0 saturated carbocycles. The summed E-state index contributed by atoms with van der Waals surface area (Å²) in [5, 5.41) is 54.6. The van der Waals surface area contributed by atoms with Crippen LogP contribution in [-0.2, 0) is 14.3 Å². The maximum atomic E-state index is 13.1. The van der Waals surface area contributed by atoms with Crippen molar-refractivity contribution in [3.63, 3.8) is 0 Å². The number of amides is 1. The van der Waals surface area contributed by atoms with E-state index >= 15 is 0 Å². The molecule has 0 aromatic heterocycles. The number of hydrogen-bond acceptors (Lipinski definition) is 8. The standard InChI is InChI=1S/C70H121NO8/c1-3-5-7-9-11-13-15-17-19-21-23-25-27-28-29-30-31-32-33-34-35-36-38-39-41-43-45-47-49-51-53-55-57-59-64(73)63(62-78-70-69(77)68(76)67(75)65(61-72)79-70)71-66(74)60-58-56-54-52-50-48-46-44-42-40-37-26-24-22-20-18-16-14-12-10-8-6-4-2/h6,8,12,14,18,20,24,26,40,42,46,48-49,51-52,54,57,59,63-65,67-70,72-73,75-77H,3-5,7,9-11,13,15-17,19,21-23,25,27-39,41,43-45,47,50,53,55-56,58,60-62H2,1-2H3,(H,71,74)/b8-6-,14-12-,20-18-,26-24-,42-40-,48-46-,51-49+,54-52-,59-57+. The van der Waals surface area contributed by atoms with Gasteiger partial charge in [-0.3, -0.25) is 4.79 Å². The highest BCUT2D eigenvalue weighted by Gasteiger charge is 2.44. The first-order valence-corrected chi connectivity index (χ1v) is 32.6. The molecule has 1 rings (SSSR count). The van der Waals surface area contributed by atoms with Crippen LogP contribution in [0.25, 0.3) is 0 Å². The molecule has 1 fully saturated rings. The molecular weight excluding hydrogens is 983 g/mol. The first-order valence-electron chi connectivity index (χ1n) is 32.6. The van der Waals surface area contributed by atoms with E-state index in [1.807, 2.05) is 6.08 Å². The molecule has 9 heteroatoms. The third-order valence-electron chi connectivity index (χ3n) is 14.8. The quantitative estimate of drug-likeness (QED) is 0.0261. The van der Waals surface area contributed by atoms with Gasteiger partial charge in [0.25, 0.3) is 0 Å². The Morgan fingerprint density at radius 2 is 0.797 bits per heavy atom. The van der Waals surface area contributed by atoms with Gasteiger partial charge in [0.15, 0.2) is 6.29 Å². The molecule has 1 aliphatic rings. The molecule has 1 saturated heterocycles. The number of aliphatic hydroxyl groups excluding tert-OH is 5. The Labute approximate surface area is 485 Å². The number of nitrogens with one attached hydrogen (secondary N) is 1. The Morgan fingerprint density at radius 3 is 1.22 bits per heavy atom. The number of rotatable bonds is 55. The van der Waals surface area contributed by atoms with Crippen LogP contribution in [0.4, 0.5) is 0 Å². The van der Waals surface area contributed by atoms with Crippen molar-refractivity contribution in [1.82, 2.24) is 5.32 Å². The summed E-state index contributed by atoms with van der Waals surface area (Å²) in [4.78, 5) is 13.1. The van der Waals surface area contributed by atoms with Crippen LogP contribution in [0.15, 0.2) is 109 Å². The van der Waals surface area contributed by atoms with E-state index < -0.39 is 49.5 Å². The van der Waals surface area contributed by atoms with E-state index in [9.17, 15) is 30.3 Å². The van der Waals surface area contributed by atoms with Gasteiger partial charge in [0.2, 0.25) is 5.91 Å². The molecule has 0 bridgehead atoms. The molecule has 79 heavy (non-hydrogen) atoms. The number of allylic oxidation sites excluding steroid dienone is 17. The van der Waals surface area contributed by atoms with E-state index in [1.54, 1.807) is 6.08 Å². The fourth-order valence-electron chi connectivity index (χ4n) is 9.75. The summed E-state index contributed by atoms with van der Waals surface area (Å²) in [7, 11) is 0. The van der Waals surface area contributed by atoms with Crippen LogP contribution < -0.4 is 5.32 Å². The minimum absolute atomic E-state index is 0.231. The van der Waals surface area contributed by atoms with Crippen molar-refractivity contribution in [1.29, 1.82) is 0 Å². The molecule has 0 spiro atoms. The van der Waals surface area contributed by atoms with Gasteiger partial charge < -0.3 is 40.3 Å². The molecule has 454 valence electrons. The van der Waals surface area contributed by atoms with Gasteiger partial charge in [-0.25, -0.2) is 0 Å². The first-order chi connectivity index (χ1) is 38.8. The number of carbonyl (C=O) groups is 1. The van der Waals surface area contributed by atoms with Gasteiger partial charge in [0.1, 0.15) is 24.4 Å². The lowest BCUT2D eigenvalue weighted by Gasteiger charge is -2.40. The van der Waals surface area contributed by atoms with Crippen LogP contribution in [0, 0.1) is 0 Å². The zero-order valence-corrected chi connectivity index (χ0v) is 50.6. The Kier molecular flexibility index (Phi) is 54.3. The topological polar surface area (TPSA) is 149 Å². The van der Waals surface area contributed by atoms with Gasteiger partial charge in [-0.1, -0.05) is 290 Å². The van der Waals surface area contributed by atoms with Crippen LogP contribution in [0.1, 0.15) is 271 Å². The van der Waals surface area contributed by atoms with E-state index in [2.05, 4.69) is 116 Å². The van der Waals surface area contributed by atoms with Gasteiger partial charge in [-0.05, 0) is 83.5 Å². The van der Waals surface area contributed by atoms with Gasteiger partial charge in [0, 0.05) is 6.42 Å². The predicted octanol–water partition coefficient (Wildman–Crippen LogP) is 17.3. The predicted molar refractivity (Wildman–Crippen MR) is 336 cm³/mol. The molecular formula is C70H121NO8. The third-order valence-corrected chi connectivity index (χ3v) is 14.8. The van der Waals surface area contributed by atoms with E-state index in [0.717, 1.165) is 70.6 Å². The van der Waals surface area contributed by atoms with Gasteiger partial charge in [-0.2, -0.15) is 0 Å². The SMILES string of the molecule is CC/C=C\C/C=C\C/C=C\C/C=C\C/C=C\C/C=C\C/C=C\CCCC(=O)NC(COC1OC(CO)C(O)C(O)C1O)C(O)/C=C/CC/C=C/CCCCCCCCCCCCCCCCCCCCCCCCCCCCC. The third kappa shape index (κ3) is 47.1. The lowest BCUT2D eigenvalue weighted by Crippen LogP contribution is -2.60. The van der Waals surface area contributed by atoms with E-state index in [1.165, 1.54) is 173 Å². The van der Waals surface area contributed by atoms with Gasteiger partial charge in [-0.15, -0.1) is 0 Å². The number of carbonyl (C=O) groups excluding carboxylic acids is 1. The second-order valence-corrected chi connectivity index (χ2v) is 22.2. The second kappa shape index (κ2) is 58.1. The molecule has 7 atom stereocenters. The first kappa shape index (κ1) is 73.9. The molecule has 1 heterocycles. The van der Waals surface area contributed by atoms with Crippen molar-refractivity contribution >= 4 is 5.91 Å². The Hall–Kier alpha value is -3.15. The number of unbranched alkanes of at least 4 members (excludes halogenated alkanes) is 29. The number of ether oxygens (including phenoxy) is 2. The number of hydrogen-bond donors (Lipinski definition) is 6. The molecule has 0 radical (unpaired) electrons. The summed E-state index contributed by atoms with van der Waals surface area (Å²) in [6, 6.07) is -0.862. The van der Waals surface area contributed by atoms with Crippen LogP contribution in [-0.4, -0.2) is 87.5 Å². The zero-order chi connectivity index (χ0) is 57.2. The van der Waals surface area contributed by atoms with Crippen LogP contribution in [0.5, 0.6) is 0 Å². The summed E-state index contributed by atoms with van der Waals surface area (Å²) in [6.07, 6.45) is 79.1. The lowest BCUT2D eigenvalue weighted by atomic mass is 9.99. The fraction of sp³-hybridized carbons (Fsp3) is 0.729. The van der Waals surface area contributed by atoms with Crippen molar-refractivity contribution in [3.8, 4) is 0 Å². The lowest BCUT2D eigenvalue weighted by molar-refractivity contribution is -0.302. The van der Waals surface area contributed by atoms with Crippen molar-refractivity contribution in [2.45, 2.75) is 314 Å². The molecule has 7 unspecified atom stereocenters. The van der Waals surface area contributed by atoms with Crippen LogP contribution >= 0.6 is 0 Å². The largest absolute Gasteiger partial charge is 0.394 e. The Morgan fingerprint density at radius 1 is 0.443 bits per heavy atom. The molecule has 1 amide bonds. The Balaban J connectivity index is 2.22. The van der Waals surface area contributed by atoms with Crippen molar-refractivity contribution in [2.24, 2.45) is 0 Å². The summed E-state index contributed by atoms with van der Waals surface area (Å²) in [6.45, 7) is 3.63. The number of aliphatic hydroxyl groups is 5. The smallest absolute Gasteiger partial charge is 0.220 e. The highest BCUT2D eigenvalue weighted by atomic mass is 16.7. The molecule has 9 nitrogen and oxygen atoms in total. The van der Waals surface area contributed by atoms with Crippen molar-refractivity contribution < 1.29 is 39.8 Å².